The molecular formula is C12H18F3NO. The van der Waals surface area contributed by atoms with Crippen LogP contribution >= 0.6 is 0 Å². The predicted octanol–water partition coefficient (Wildman–Crippen LogP) is 3.88. The molecule has 98 valence electrons. The molecule has 2 nitrogen and oxygen atoms in total. The van der Waals surface area contributed by atoms with Gasteiger partial charge >= 0.3 is 6.18 Å². The van der Waals surface area contributed by atoms with Gasteiger partial charge in [0.05, 0.1) is 0 Å². The number of hydroxylamine groups is 1. The van der Waals surface area contributed by atoms with Crippen molar-refractivity contribution in [3.05, 3.63) is 28.6 Å². The summed E-state index contributed by atoms with van der Waals surface area (Å²) in [5, 5.41) is 10.7. The van der Waals surface area contributed by atoms with E-state index >= 15 is 0 Å². The molecule has 0 aromatic heterocycles. The Hall–Kier alpha value is -1.26. The minimum absolute atomic E-state index is 0.158. The molecule has 1 atom stereocenters. The van der Waals surface area contributed by atoms with Crippen molar-refractivity contribution < 1.29 is 17.9 Å². The summed E-state index contributed by atoms with van der Waals surface area (Å²) in [6.45, 7) is 10.4. The Labute approximate surface area is 99.7 Å². The fourth-order valence-electron chi connectivity index (χ4n) is 1.21. The maximum absolute atomic E-state index is 12.4. The van der Waals surface area contributed by atoms with Gasteiger partial charge in [-0.15, -0.1) is 0 Å². The molecule has 0 fully saturated rings. The van der Waals surface area contributed by atoms with E-state index < -0.39 is 16.6 Å². The summed E-state index contributed by atoms with van der Waals surface area (Å²) in [7, 11) is 0. The second kappa shape index (κ2) is 5.89. The van der Waals surface area contributed by atoms with E-state index in [0.29, 0.717) is 5.92 Å². The zero-order valence-electron chi connectivity index (χ0n) is 10.5. The molecule has 0 saturated carbocycles. The maximum Gasteiger partial charge on any atom is 0.478 e. The van der Waals surface area contributed by atoms with Crippen molar-refractivity contribution in [2.45, 2.75) is 33.9 Å². The molecule has 0 aliphatic rings. The molecule has 17 heavy (non-hydrogen) atoms. The van der Waals surface area contributed by atoms with Crippen LogP contribution in [-0.4, -0.2) is 17.6 Å². The topological polar surface area (TPSA) is 26.1 Å². The van der Waals surface area contributed by atoms with Crippen LogP contribution in [0.1, 0.15) is 27.7 Å². The molecule has 0 aliphatic heterocycles. The first-order valence-corrected chi connectivity index (χ1v) is 5.30. The van der Waals surface area contributed by atoms with Crippen LogP contribution in [0.3, 0.4) is 0 Å². The highest BCUT2D eigenvalue weighted by atomic mass is 19.4. The van der Waals surface area contributed by atoms with Crippen molar-refractivity contribution in [2.24, 2.45) is 11.8 Å². The van der Waals surface area contributed by atoms with E-state index in [1.54, 1.807) is 6.92 Å². The molecule has 0 unspecified atom stereocenters. The van der Waals surface area contributed by atoms with Crippen molar-refractivity contribution in [1.29, 1.82) is 0 Å². The predicted molar refractivity (Wildman–Crippen MR) is 62.6 cm³/mol. The lowest BCUT2D eigenvalue weighted by Crippen LogP contribution is -2.19. The summed E-state index contributed by atoms with van der Waals surface area (Å²) in [5.74, 6) is 0.489. The Balaban J connectivity index is 5.12. The summed E-state index contributed by atoms with van der Waals surface area (Å²) < 4.78 is 36.8. The zero-order valence-corrected chi connectivity index (χ0v) is 10.5. The Morgan fingerprint density at radius 2 is 1.71 bits per heavy atom. The molecule has 0 spiro atoms. The smallest absolute Gasteiger partial charge is 0.478 e. The first-order chi connectivity index (χ1) is 7.57. The molecule has 0 aromatic carbocycles. The third-order valence-corrected chi connectivity index (χ3v) is 2.78. The van der Waals surface area contributed by atoms with Crippen molar-refractivity contribution in [3.63, 3.8) is 0 Å². The van der Waals surface area contributed by atoms with Crippen LogP contribution in [0.15, 0.2) is 23.4 Å². The van der Waals surface area contributed by atoms with E-state index in [1.165, 1.54) is 6.08 Å². The van der Waals surface area contributed by atoms with E-state index in [0.717, 1.165) is 11.6 Å². The van der Waals surface area contributed by atoms with Crippen LogP contribution in [-0.2, 0) is 0 Å². The van der Waals surface area contributed by atoms with E-state index in [9.17, 15) is 18.4 Å². The summed E-state index contributed by atoms with van der Waals surface area (Å²) in [5.41, 5.74) is -0.503. The number of nitrogens with zero attached hydrogens (tertiary/aromatic N) is 1. The average Bonchev–Trinajstić information content (AvgIpc) is 2.13. The molecule has 0 rings (SSSR count). The third kappa shape index (κ3) is 5.06. The van der Waals surface area contributed by atoms with Crippen molar-refractivity contribution >= 4 is 6.72 Å². The average molecular weight is 249 g/mol. The summed E-state index contributed by atoms with van der Waals surface area (Å²) in [6.07, 6.45) is -2.58. The molecule has 0 heterocycles. The number of hydrogen-bond acceptors (Lipinski definition) is 1. The van der Waals surface area contributed by atoms with Gasteiger partial charge in [-0.2, -0.15) is 17.9 Å². The lowest BCUT2D eigenvalue weighted by atomic mass is 9.91. The van der Waals surface area contributed by atoms with Gasteiger partial charge in [-0.1, -0.05) is 32.4 Å². The summed E-state index contributed by atoms with van der Waals surface area (Å²) in [4.78, 5) is 0. The molecule has 5 heteroatoms. The molecular weight excluding hydrogens is 231 g/mol. The Bertz CT molecular complexity index is 340. The van der Waals surface area contributed by atoms with Crippen LogP contribution in [0.5, 0.6) is 0 Å². The molecule has 0 aromatic rings. The number of alkyl halides is 3. The quantitative estimate of drug-likeness (QED) is 0.244. The number of allylic oxidation sites excluding steroid dienone is 4. The lowest BCUT2D eigenvalue weighted by molar-refractivity contribution is -0.430. The van der Waals surface area contributed by atoms with Gasteiger partial charge in [0.1, 0.15) is 6.72 Å². The van der Waals surface area contributed by atoms with Crippen molar-refractivity contribution in [2.75, 3.05) is 0 Å². The number of hydrogen-bond donors (Lipinski definition) is 0. The van der Waals surface area contributed by atoms with E-state index in [2.05, 4.69) is 6.72 Å². The maximum atomic E-state index is 12.4. The lowest BCUT2D eigenvalue weighted by Gasteiger charge is -2.15. The summed E-state index contributed by atoms with van der Waals surface area (Å²) in [6, 6.07) is 0. The van der Waals surface area contributed by atoms with Gasteiger partial charge in [0, 0.05) is 6.08 Å². The van der Waals surface area contributed by atoms with Crippen molar-refractivity contribution in [1.82, 2.24) is 0 Å². The molecule has 0 radical (unpaired) electrons. The molecule has 0 saturated heterocycles. The van der Waals surface area contributed by atoms with Gasteiger partial charge < -0.3 is 5.21 Å². The van der Waals surface area contributed by atoms with Crippen LogP contribution in [0.4, 0.5) is 13.2 Å². The number of rotatable bonds is 4. The van der Waals surface area contributed by atoms with Crippen LogP contribution in [0.2, 0.25) is 0 Å². The fraction of sp³-hybridized carbons (Fsp3) is 0.583. The largest absolute Gasteiger partial charge is 0.619 e. The highest BCUT2D eigenvalue weighted by molar-refractivity contribution is 5.22. The minimum Gasteiger partial charge on any atom is -0.619 e. The van der Waals surface area contributed by atoms with Gasteiger partial charge in [-0.05, 0) is 18.8 Å². The fourth-order valence-corrected chi connectivity index (χ4v) is 1.21. The van der Waals surface area contributed by atoms with Gasteiger partial charge in [0.15, 0.2) is 0 Å². The third-order valence-electron chi connectivity index (χ3n) is 2.78. The molecule has 0 N–H and O–H groups in total. The summed E-state index contributed by atoms with van der Waals surface area (Å²) >= 11 is 0. The van der Waals surface area contributed by atoms with Crippen molar-refractivity contribution in [3.8, 4) is 0 Å². The SMILES string of the molecule is C=[N+]([O-])/C(=C\C=C(/C)[C@@H](C)C(C)C)C(F)(F)F. The van der Waals surface area contributed by atoms with Gasteiger partial charge in [-0.25, -0.2) is 0 Å². The standard InChI is InChI=1S/C12H18F3NO/c1-8(2)10(4)9(3)6-7-11(16(5)17)12(13,14)15/h6-8,10H,5H2,1-4H3/b9-6+,11-7-/t10-/m0/s1. The first kappa shape index (κ1) is 15.7. The Kier molecular flexibility index (Phi) is 5.45. The van der Waals surface area contributed by atoms with Gasteiger partial charge in [0.2, 0.25) is 0 Å². The first-order valence-electron chi connectivity index (χ1n) is 5.30. The molecule has 0 aliphatic carbocycles. The minimum atomic E-state index is -4.68. The Morgan fingerprint density at radius 3 is 2.00 bits per heavy atom. The van der Waals surface area contributed by atoms with E-state index in [-0.39, 0.29) is 5.92 Å². The van der Waals surface area contributed by atoms with E-state index in [4.69, 9.17) is 0 Å². The van der Waals surface area contributed by atoms with Gasteiger partial charge in [0.25, 0.3) is 5.70 Å². The Morgan fingerprint density at radius 1 is 1.24 bits per heavy atom. The highest BCUT2D eigenvalue weighted by Gasteiger charge is 2.40. The second-order valence-corrected chi connectivity index (χ2v) is 4.37. The zero-order chi connectivity index (χ0) is 13.8. The highest BCUT2D eigenvalue weighted by Crippen LogP contribution is 2.26. The van der Waals surface area contributed by atoms with Crippen LogP contribution in [0, 0.1) is 17.0 Å². The van der Waals surface area contributed by atoms with Crippen LogP contribution in [0.25, 0.3) is 0 Å². The van der Waals surface area contributed by atoms with E-state index in [1.807, 2.05) is 20.8 Å². The number of halogens is 3. The van der Waals surface area contributed by atoms with Gasteiger partial charge in [-0.3, -0.25) is 0 Å². The second-order valence-electron chi connectivity index (χ2n) is 4.37. The monoisotopic (exact) mass is 249 g/mol. The molecule has 0 amide bonds. The van der Waals surface area contributed by atoms with Crippen LogP contribution < -0.4 is 0 Å². The normalized spacial score (nSPS) is 16.2. The molecule has 0 bridgehead atoms.